The van der Waals surface area contributed by atoms with E-state index in [1.54, 1.807) is 0 Å². The third-order valence-electron chi connectivity index (χ3n) is 8.51. The molecule has 5 nitrogen and oxygen atoms in total. The molecule has 9 aromatic rings. The first-order valence-corrected chi connectivity index (χ1v) is 15.6. The quantitative estimate of drug-likeness (QED) is 0.196. The number of furan rings is 1. The van der Waals surface area contributed by atoms with E-state index in [9.17, 15) is 0 Å². The van der Waals surface area contributed by atoms with E-state index >= 15 is 0 Å². The summed E-state index contributed by atoms with van der Waals surface area (Å²) in [6.07, 6.45) is 0. The lowest BCUT2D eigenvalue weighted by molar-refractivity contribution is 0.669. The molecule has 9 rings (SSSR count). The predicted molar refractivity (Wildman–Crippen MR) is 190 cm³/mol. The maximum absolute atomic E-state index is 6.50. The molecular formula is C42H26N4O. The maximum atomic E-state index is 6.50. The third kappa shape index (κ3) is 4.91. The van der Waals surface area contributed by atoms with E-state index in [4.69, 9.17) is 24.4 Å². The smallest absolute Gasteiger partial charge is 0.164 e. The van der Waals surface area contributed by atoms with E-state index in [1.807, 2.05) is 84.9 Å². The van der Waals surface area contributed by atoms with E-state index < -0.39 is 0 Å². The number of aromatic nitrogens is 4. The van der Waals surface area contributed by atoms with Crippen LogP contribution in [0.5, 0.6) is 0 Å². The Hall–Kier alpha value is -6.46. The van der Waals surface area contributed by atoms with Gasteiger partial charge in [0.2, 0.25) is 0 Å². The Morgan fingerprint density at radius 2 is 0.872 bits per heavy atom. The standard InChI is InChI=1S/C42H26N4O/c1-4-12-27(13-5-1)33-24-34(38-36(26-33)47-37-25-32-18-10-11-19-35(32)43-39(37)38)28-20-22-31(23-21-28)42-45-40(29-14-6-2-7-15-29)44-41(46-42)30-16-8-3-9-17-30/h1-26H. The fourth-order valence-electron chi connectivity index (χ4n) is 6.17. The molecule has 0 atom stereocenters. The van der Waals surface area contributed by atoms with Crippen molar-refractivity contribution in [2.75, 3.05) is 0 Å². The fraction of sp³-hybridized carbons (Fsp3) is 0. The summed E-state index contributed by atoms with van der Waals surface area (Å²) in [6.45, 7) is 0. The number of fused-ring (bicyclic) bond motifs is 4. The lowest BCUT2D eigenvalue weighted by Crippen LogP contribution is -2.00. The molecule has 220 valence electrons. The molecule has 0 aliphatic heterocycles. The Bertz CT molecular complexity index is 2490. The molecule has 0 aliphatic rings. The zero-order valence-corrected chi connectivity index (χ0v) is 25.2. The monoisotopic (exact) mass is 602 g/mol. The molecule has 0 fully saturated rings. The summed E-state index contributed by atoms with van der Waals surface area (Å²) in [7, 11) is 0. The summed E-state index contributed by atoms with van der Waals surface area (Å²) in [4.78, 5) is 19.8. The zero-order valence-electron chi connectivity index (χ0n) is 25.2. The highest BCUT2D eigenvalue weighted by Crippen LogP contribution is 2.40. The first-order valence-electron chi connectivity index (χ1n) is 15.6. The second-order valence-electron chi connectivity index (χ2n) is 11.5. The fourth-order valence-corrected chi connectivity index (χ4v) is 6.17. The lowest BCUT2D eigenvalue weighted by atomic mass is 9.95. The van der Waals surface area contributed by atoms with E-state index in [0.717, 1.165) is 71.9 Å². The molecule has 0 saturated heterocycles. The third-order valence-corrected chi connectivity index (χ3v) is 8.51. The average molecular weight is 603 g/mol. The van der Waals surface area contributed by atoms with Gasteiger partial charge >= 0.3 is 0 Å². The van der Waals surface area contributed by atoms with Gasteiger partial charge in [0.1, 0.15) is 11.1 Å². The van der Waals surface area contributed by atoms with Gasteiger partial charge in [0, 0.05) is 22.1 Å². The van der Waals surface area contributed by atoms with Gasteiger partial charge in [0.25, 0.3) is 0 Å². The highest BCUT2D eigenvalue weighted by atomic mass is 16.3. The van der Waals surface area contributed by atoms with Crippen molar-refractivity contribution in [1.29, 1.82) is 0 Å². The highest BCUT2D eigenvalue weighted by Gasteiger charge is 2.18. The topological polar surface area (TPSA) is 64.7 Å². The van der Waals surface area contributed by atoms with Crippen molar-refractivity contribution in [3.8, 4) is 56.4 Å². The van der Waals surface area contributed by atoms with Gasteiger partial charge in [-0.3, -0.25) is 0 Å². The van der Waals surface area contributed by atoms with Crippen LogP contribution in [-0.4, -0.2) is 19.9 Å². The number of para-hydroxylation sites is 1. The molecule has 0 spiro atoms. The van der Waals surface area contributed by atoms with Crippen molar-refractivity contribution >= 4 is 33.0 Å². The summed E-state index contributed by atoms with van der Waals surface area (Å²) in [5.74, 6) is 1.90. The summed E-state index contributed by atoms with van der Waals surface area (Å²) < 4.78 is 6.50. The van der Waals surface area contributed by atoms with Crippen LogP contribution in [0.25, 0.3) is 89.4 Å². The second kappa shape index (κ2) is 11.2. The predicted octanol–water partition coefficient (Wildman–Crippen LogP) is 10.7. The Balaban J connectivity index is 1.21. The van der Waals surface area contributed by atoms with Crippen molar-refractivity contribution < 1.29 is 4.42 Å². The van der Waals surface area contributed by atoms with Crippen LogP contribution in [0.15, 0.2) is 162 Å². The van der Waals surface area contributed by atoms with Gasteiger partial charge in [-0.2, -0.15) is 0 Å². The van der Waals surface area contributed by atoms with Gasteiger partial charge in [-0.25, -0.2) is 19.9 Å². The van der Waals surface area contributed by atoms with Crippen LogP contribution in [0.4, 0.5) is 0 Å². The molecule has 3 heterocycles. The highest BCUT2D eigenvalue weighted by molar-refractivity contribution is 6.13. The number of pyridine rings is 1. The van der Waals surface area contributed by atoms with E-state index in [-0.39, 0.29) is 0 Å². The van der Waals surface area contributed by atoms with E-state index in [0.29, 0.717) is 17.5 Å². The van der Waals surface area contributed by atoms with Gasteiger partial charge in [0.15, 0.2) is 23.1 Å². The minimum Gasteiger partial charge on any atom is -0.454 e. The van der Waals surface area contributed by atoms with Crippen LogP contribution in [0.1, 0.15) is 0 Å². The van der Waals surface area contributed by atoms with Crippen molar-refractivity contribution in [2.45, 2.75) is 0 Å². The van der Waals surface area contributed by atoms with Crippen molar-refractivity contribution in [1.82, 2.24) is 19.9 Å². The molecule has 0 radical (unpaired) electrons. The summed E-state index contributed by atoms with van der Waals surface area (Å²) in [5.41, 5.74) is 10.5. The SMILES string of the molecule is c1ccc(-c2cc(-c3ccc(-c4nc(-c5ccccc5)nc(-c5ccccc5)n4)cc3)c3c(c2)oc2cc4ccccc4nc23)cc1. The Morgan fingerprint density at radius 1 is 0.362 bits per heavy atom. The van der Waals surface area contributed by atoms with Crippen molar-refractivity contribution in [3.05, 3.63) is 158 Å². The van der Waals surface area contributed by atoms with Crippen molar-refractivity contribution in [2.24, 2.45) is 0 Å². The largest absolute Gasteiger partial charge is 0.454 e. The first-order chi connectivity index (χ1) is 23.3. The minimum atomic E-state index is 0.620. The van der Waals surface area contributed by atoms with Gasteiger partial charge in [-0.05, 0) is 46.5 Å². The first kappa shape index (κ1) is 26.9. The molecule has 0 N–H and O–H groups in total. The summed E-state index contributed by atoms with van der Waals surface area (Å²) in [5, 5.41) is 2.05. The number of nitrogens with zero attached hydrogens (tertiary/aromatic N) is 4. The number of benzene rings is 6. The Morgan fingerprint density at radius 3 is 1.49 bits per heavy atom. The van der Waals surface area contributed by atoms with Crippen LogP contribution < -0.4 is 0 Å². The normalized spacial score (nSPS) is 11.4. The second-order valence-corrected chi connectivity index (χ2v) is 11.5. The molecule has 0 saturated carbocycles. The number of rotatable bonds is 5. The van der Waals surface area contributed by atoms with Gasteiger partial charge in [-0.15, -0.1) is 0 Å². The average Bonchev–Trinajstić information content (AvgIpc) is 3.51. The maximum Gasteiger partial charge on any atom is 0.164 e. The number of hydrogen-bond acceptors (Lipinski definition) is 5. The van der Waals surface area contributed by atoms with E-state index in [2.05, 4.69) is 72.8 Å². The molecule has 0 amide bonds. The molecule has 3 aromatic heterocycles. The molecule has 6 aromatic carbocycles. The van der Waals surface area contributed by atoms with Gasteiger partial charge in [0.05, 0.1) is 10.9 Å². The van der Waals surface area contributed by atoms with E-state index in [1.165, 1.54) is 0 Å². The van der Waals surface area contributed by atoms with Gasteiger partial charge < -0.3 is 4.42 Å². The van der Waals surface area contributed by atoms with Gasteiger partial charge in [-0.1, -0.05) is 133 Å². The summed E-state index contributed by atoms with van der Waals surface area (Å²) in [6, 6.07) is 53.5. The number of hydrogen-bond donors (Lipinski definition) is 0. The molecule has 47 heavy (non-hydrogen) atoms. The molecule has 0 unspecified atom stereocenters. The van der Waals surface area contributed by atoms with Crippen LogP contribution in [0.3, 0.4) is 0 Å². The van der Waals surface area contributed by atoms with Crippen molar-refractivity contribution in [3.63, 3.8) is 0 Å². The molecule has 0 aliphatic carbocycles. The van der Waals surface area contributed by atoms with Crippen LogP contribution >= 0.6 is 0 Å². The minimum absolute atomic E-state index is 0.620. The van der Waals surface area contributed by atoms with Crippen LogP contribution in [0.2, 0.25) is 0 Å². The molecular weight excluding hydrogens is 576 g/mol. The molecule has 0 bridgehead atoms. The zero-order chi connectivity index (χ0) is 31.2. The lowest BCUT2D eigenvalue weighted by Gasteiger charge is -2.11. The molecule has 5 heteroatoms. The van der Waals surface area contributed by atoms with Crippen LogP contribution in [0, 0.1) is 0 Å². The Kier molecular flexibility index (Phi) is 6.39. The van der Waals surface area contributed by atoms with Crippen LogP contribution in [-0.2, 0) is 0 Å². The Labute approximate surface area is 270 Å². The summed E-state index contributed by atoms with van der Waals surface area (Å²) >= 11 is 0.